The van der Waals surface area contributed by atoms with Gasteiger partial charge in [0.2, 0.25) is 0 Å². The molecular formula is C9H17NO2. The molecule has 0 spiro atoms. The summed E-state index contributed by atoms with van der Waals surface area (Å²) in [6.07, 6.45) is 6.99. The summed E-state index contributed by atoms with van der Waals surface area (Å²) in [6.45, 7) is 0. The smallest absolute Gasteiger partial charge is 0.407 e. The fraction of sp³-hybridized carbons (Fsp3) is 0.889. The lowest BCUT2D eigenvalue weighted by molar-refractivity contribution is 0.165. The molecule has 1 amide bonds. The van der Waals surface area contributed by atoms with Gasteiger partial charge in [-0.25, -0.2) is 4.79 Å². The number of hydrogen-bond donors (Lipinski definition) is 1. The normalized spacial score (nSPS) is 19.8. The van der Waals surface area contributed by atoms with Crippen LogP contribution in [0.25, 0.3) is 0 Å². The van der Waals surface area contributed by atoms with E-state index in [4.69, 9.17) is 0 Å². The number of rotatable bonds is 1. The van der Waals surface area contributed by atoms with E-state index in [0.29, 0.717) is 6.04 Å². The molecule has 1 N–H and O–H groups in total. The Hall–Kier alpha value is -0.730. The zero-order chi connectivity index (χ0) is 8.81. The number of nitrogens with one attached hydrogen (secondary N) is 1. The van der Waals surface area contributed by atoms with E-state index >= 15 is 0 Å². The van der Waals surface area contributed by atoms with Crippen molar-refractivity contribution < 1.29 is 9.53 Å². The number of methoxy groups -OCH3 is 1. The molecule has 0 aromatic rings. The molecule has 1 aliphatic carbocycles. The predicted octanol–water partition coefficient (Wildman–Crippen LogP) is 2.07. The molecule has 12 heavy (non-hydrogen) atoms. The average molecular weight is 171 g/mol. The Morgan fingerprint density at radius 1 is 1.25 bits per heavy atom. The second-order valence-corrected chi connectivity index (χ2v) is 3.32. The van der Waals surface area contributed by atoms with E-state index in [1.807, 2.05) is 0 Å². The van der Waals surface area contributed by atoms with E-state index < -0.39 is 0 Å². The number of amides is 1. The van der Waals surface area contributed by atoms with Crippen LogP contribution >= 0.6 is 0 Å². The average Bonchev–Trinajstić information content (AvgIpc) is 2.33. The van der Waals surface area contributed by atoms with Crippen LogP contribution in [0, 0.1) is 0 Å². The highest BCUT2D eigenvalue weighted by atomic mass is 16.5. The molecule has 0 unspecified atom stereocenters. The van der Waals surface area contributed by atoms with Crippen molar-refractivity contribution in [2.45, 2.75) is 44.6 Å². The Morgan fingerprint density at radius 2 is 1.83 bits per heavy atom. The zero-order valence-corrected chi connectivity index (χ0v) is 7.64. The summed E-state index contributed by atoms with van der Waals surface area (Å²) in [7, 11) is 1.41. The molecule has 0 atom stereocenters. The molecule has 3 heteroatoms. The summed E-state index contributed by atoms with van der Waals surface area (Å²) >= 11 is 0. The van der Waals surface area contributed by atoms with Crippen molar-refractivity contribution in [3.63, 3.8) is 0 Å². The van der Waals surface area contributed by atoms with E-state index in [1.165, 1.54) is 32.8 Å². The number of alkyl carbamates (subject to hydrolysis) is 1. The quantitative estimate of drug-likeness (QED) is 0.613. The third-order valence-corrected chi connectivity index (χ3v) is 2.36. The standard InChI is InChI=1S/C9H17NO2/c1-12-9(11)10-8-6-4-2-3-5-7-8/h8H,2-7H2,1H3,(H,10,11). The van der Waals surface area contributed by atoms with Crippen LogP contribution in [0.2, 0.25) is 0 Å². The van der Waals surface area contributed by atoms with Gasteiger partial charge in [-0.15, -0.1) is 0 Å². The Labute approximate surface area is 73.5 Å². The summed E-state index contributed by atoms with van der Waals surface area (Å²) in [5.41, 5.74) is 0. The van der Waals surface area contributed by atoms with Crippen molar-refractivity contribution in [1.29, 1.82) is 0 Å². The largest absolute Gasteiger partial charge is 0.453 e. The van der Waals surface area contributed by atoms with Crippen molar-refractivity contribution in [3.8, 4) is 0 Å². The van der Waals surface area contributed by atoms with Crippen LogP contribution in [0.4, 0.5) is 4.79 Å². The minimum Gasteiger partial charge on any atom is -0.453 e. The van der Waals surface area contributed by atoms with E-state index in [1.54, 1.807) is 0 Å². The maximum Gasteiger partial charge on any atom is 0.407 e. The van der Waals surface area contributed by atoms with Gasteiger partial charge >= 0.3 is 6.09 Å². The lowest BCUT2D eigenvalue weighted by atomic mass is 10.1. The third-order valence-electron chi connectivity index (χ3n) is 2.36. The van der Waals surface area contributed by atoms with Crippen LogP contribution in [0.3, 0.4) is 0 Å². The van der Waals surface area contributed by atoms with Crippen molar-refractivity contribution in [2.24, 2.45) is 0 Å². The van der Waals surface area contributed by atoms with Gasteiger partial charge < -0.3 is 10.1 Å². The first-order valence-corrected chi connectivity index (χ1v) is 4.67. The summed E-state index contributed by atoms with van der Waals surface area (Å²) in [5, 5.41) is 2.85. The van der Waals surface area contributed by atoms with Gasteiger partial charge in [0.1, 0.15) is 0 Å². The van der Waals surface area contributed by atoms with Crippen molar-refractivity contribution >= 4 is 6.09 Å². The van der Waals surface area contributed by atoms with Gasteiger partial charge in [0.15, 0.2) is 0 Å². The van der Waals surface area contributed by atoms with Crippen LogP contribution in [-0.2, 0) is 4.74 Å². The van der Waals surface area contributed by atoms with Gasteiger partial charge in [-0.05, 0) is 12.8 Å². The van der Waals surface area contributed by atoms with Gasteiger partial charge in [0.25, 0.3) is 0 Å². The highest BCUT2D eigenvalue weighted by Gasteiger charge is 2.13. The van der Waals surface area contributed by atoms with Gasteiger partial charge in [0.05, 0.1) is 7.11 Å². The van der Waals surface area contributed by atoms with E-state index in [-0.39, 0.29) is 6.09 Å². The molecule has 1 rings (SSSR count). The topological polar surface area (TPSA) is 38.3 Å². The lowest BCUT2D eigenvalue weighted by Crippen LogP contribution is -2.34. The molecule has 1 fully saturated rings. The summed E-state index contributed by atoms with van der Waals surface area (Å²) < 4.78 is 4.54. The molecule has 0 bridgehead atoms. The van der Waals surface area contributed by atoms with Crippen molar-refractivity contribution in [3.05, 3.63) is 0 Å². The molecule has 70 valence electrons. The van der Waals surface area contributed by atoms with E-state index in [0.717, 1.165) is 12.8 Å². The first kappa shape index (κ1) is 9.36. The second kappa shape index (κ2) is 5.01. The Bertz CT molecular complexity index is 139. The molecule has 0 radical (unpaired) electrons. The predicted molar refractivity (Wildman–Crippen MR) is 47.0 cm³/mol. The fourth-order valence-corrected chi connectivity index (χ4v) is 1.65. The number of carbonyl (C=O) groups excluding carboxylic acids is 1. The van der Waals surface area contributed by atoms with Crippen molar-refractivity contribution in [2.75, 3.05) is 7.11 Å². The molecule has 0 aliphatic heterocycles. The van der Waals surface area contributed by atoms with Crippen LogP contribution in [0.1, 0.15) is 38.5 Å². The van der Waals surface area contributed by atoms with Gasteiger partial charge in [-0.2, -0.15) is 0 Å². The fourth-order valence-electron chi connectivity index (χ4n) is 1.65. The minimum atomic E-state index is -0.290. The highest BCUT2D eigenvalue weighted by molar-refractivity contribution is 5.67. The summed E-state index contributed by atoms with van der Waals surface area (Å²) in [6, 6.07) is 0.347. The van der Waals surface area contributed by atoms with Gasteiger partial charge in [-0.1, -0.05) is 25.7 Å². The molecule has 0 heterocycles. The zero-order valence-electron chi connectivity index (χ0n) is 7.64. The number of hydrogen-bond acceptors (Lipinski definition) is 2. The molecule has 0 saturated heterocycles. The Morgan fingerprint density at radius 3 is 2.33 bits per heavy atom. The maximum atomic E-state index is 10.9. The van der Waals surface area contributed by atoms with Crippen molar-refractivity contribution in [1.82, 2.24) is 5.32 Å². The SMILES string of the molecule is COC(=O)NC1CCCCCC1. The Kier molecular flexibility index (Phi) is 3.91. The molecule has 3 nitrogen and oxygen atoms in total. The van der Waals surface area contributed by atoms with Gasteiger partial charge in [0, 0.05) is 6.04 Å². The van der Waals surface area contributed by atoms with E-state index in [2.05, 4.69) is 10.1 Å². The molecule has 0 aromatic heterocycles. The molecular weight excluding hydrogens is 154 g/mol. The molecule has 1 aliphatic rings. The van der Waals surface area contributed by atoms with Crippen LogP contribution in [-0.4, -0.2) is 19.2 Å². The number of carbonyl (C=O) groups is 1. The molecule has 0 aromatic carbocycles. The summed E-state index contributed by atoms with van der Waals surface area (Å²) in [4.78, 5) is 10.9. The van der Waals surface area contributed by atoms with E-state index in [9.17, 15) is 4.79 Å². The second-order valence-electron chi connectivity index (χ2n) is 3.32. The Balaban J connectivity index is 2.24. The van der Waals surface area contributed by atoms with Gasteiger partial charge in [-0.3, -0.25) is 0 Å². The lowest BCUT2D eigenvalue weighted by Gasteiger charge is -2.14. The van der Waals surface area contributed by atoms with Crippen LogP contribution in [0.5, 0.6) is 0 Å². The first-order chi connectivity index (χ1) is 5.83. The minimum absolute atomic E-state index is 0.290. The molecule has 1 saturated carbocycles. The summed E-state index contributed by atoms with van der Waals surface area (Å²) in [5.74, 6) is 0. The maximum absolute atomic E-state index is 10.9. The van der Waals surface area contributed by atoms with Crippen LogP contribution < -0.4 is 5.32 Å². The van der Waals surface area contributed by atoms with Crippen LogP contribution in [0.15, 0.2) is 0 Å². The monoisotopic (exact) mass is 171 g/mol. The highest BCUT2D eigenvalue weighted by Crippen LogP contribution is 2.16. The number of ether oxygens (including phenoxy) is 1. The third kappa shape index (κ3) is 3.11. The first-order valence-electron chi connectivity index (χ1n) is 4.67.